The van der Waals surface area contributed by atoms with Crippen molar-refractivity contribution in [2.75, 3.05) is 6.61 Å². The molecule has 0 saturated carbocycles. The van der Waals surface area contributed by atoms with E-state index in [0.717, 1.165) is 18.3 Å². The third-order valence-electron chi connectivity index (χ3n) is 4.37. The van der Waals surface area contributed by atoms with E-state index in [1.807, 2.05) is 0 Å². The lowest BCUT2D eigenvalue weighted by Crippen LogP contribution is -2.13. The van der Waals surface area contributed by atoms with Crippen LogP contribution in [-0.4, -0.2) is 6.61 Å². The average molecular weight is 260 g/mol. The third-order valence-corrected chi connectivity index (χ3v) is 4.37. The van der Waals surface area contributed by atoms with Gasteiger partial charge in [-0.15, -0.1) is 0 Å². The van der Waals surface area contributed by atoms with Crippen molar-refractivity contribution in [3.63, 3.8) is 0 Å². The Morgan fingerprint density at radius 3 is 2.79 bits per heavy atom. The molecule has 1 aromatic rings. The molecule has 0 saturated heterocycles. The van der Waals surface area contributed by atoms with Crippen molar-refractivity contribution < 1.29 is 4.74 Å². The Morgan fingerprint density at radius 1 is 1.16 bits per heavy atom. The van der Waals surface area contributed by atoms with E-state index < -0.39 is 0 Å². The van der Waals surface area contributed by atoms with Crippen LogP contribution >= 0.6 is 0 Å². The highest BCUT2D eigenvalue weighted by Crippen LogP contribution is 2.30. The molecular formula is C18H28O. The van der Waals surface area contributed by atoms with Crippen LogP contribution in [0.3, 0.4) is 0 Å². The Bertz CT molecular complexity index is 383. The standard InChI is InChI=1S/C18H28O/c1-3-5-9-15(4-2)14-19-18-13-8-11-16-10-6-7-12-17(16)18/h8,11,13,15H,3-7,9-10,12,14H2,1-2H3. The van der Waals surface area contributed by atoms with Crippen molar-refractivity contribution in [2.45, 2.75) is 65.2 Å². The van der Waals surface area contributed by atoms with E-state index >= 15 is 0 Å². The maximum absolute atomic E-state index is 6.15. The van der Waals surface area contributed by atoms with Crippen LogP contribution in [0.2, 0.25) is 0 Å². The molecule has 1 heteroatoms. The highest BCUT2D eigenvalue weighted by atomic mass is 16.5. The van der Waals surface area contributed by atoms with E-state index in [2.05, 4.69) is 32.0 Å². The third kappa shape index (κ3) is 3.99. The van der Waals surface area contributed by atoms with E-state index in [4.69, 9.17) is 4.74 Å². The van der Waals surface area contributed by atoms with Gasteiger partial charge >= 0.3 is 0 Å². The van der Waals surface area contributed by atoms with Gasteiger partial charge in [-0.05, 0) is 55.2 Å². The summed E-state index contributed by atoms with van der Waals surface area (Å²) in [5.74, 6) is 1.88. The second-order valence-electron chi connectivity index (χ2n) is 5.83. The normalized spacial score (nSPS) is 15.9. The fourth-order valence-corrected chi connectivity index (χ4v) is 2.99. The Balaban J connectivity index is 1.95. The van der Waals surface area contributed by atoms with Crippen LogP contribution in [0.15, 0.2) is 18.2 Å². The number of rotatable bonds is 7. The van der Waals surface area contributed by atoms with Crippen LogP contribution in [-0.2, 0) is 12.8 Å². The van der Waals surface area contributed by atoms with E-state index in [9.17, 15) is 0 Å². The SMILES string of the molecule is CCCCC(CC)COc1cccc2c1CCCC2. The molecule has 0 spiro atoms. The van der Waals surface area contributed by atoms with Gasteiger partial charge < -0.3 is 4.74 Å². The van der Waals surface area contributed by atoms with Gasteiger partial charge in [0.1, 0.15) is 5.75 Å². The van der Waals surface area contributed by atoms with Crippen LogP contribution in [0, 0.1) is 5.92 Å². The first kappa shape index (κ1) is 14.4. The zero-order valence-corrected chi connectivity index (χ0v) is 12.6. The first-order chi connectivity index (χ1) is 9.35. The molecule has 0 aromatic heterocycles. The summed E-state index contributed by atoms with van der Waals surface area (Å²) in [6.07, 6.45) is 10.3. The second kappa shape index (κ2) is 7.57. The molecule has 1 unspecified atom stereocenters. The number of benzene rings is 1. The molecule has 1 atom stereocenters. The number of unbranched alkanes of at least 4 members (excludes halogenated alkanes) is 1. The lowest BCUT2D eigenvalue weighted by Gasteiger charge is -2.21. The summed E-state index contributed by atoms with van der Waals surface area (Å²) in [6.45, 7) is 5.44. The molecule has 0 heterocycles. The van der Waals surface area contributed by atoms with Crippen molar-refractivity contribution >= 4 is 0 Å². The molecule has 0 aliphatic heterocycles. The van der Waals surface area contributed by atoms with Gasteiger partial charge in [0.25, 0.3) is 0 Å². The molecule has 1 aliphatic carbocycles. The molecule has 1 nitrogen and oxygen atoms in total. The number of hydrogen-bond acceptors (Lipinski definition) is 1. The van der Waals surface area contributed by atoms with E-state index in [1.165, 1.54) is 62.5 Å². The summed E-state index contributed by atoms with van der Waals surface area (Å²) in [5, 5.41) is 0. The molecular weight excluding hydrogens is 232 g/mol. The lowest BCUT2D eigenvalue weighted by molar-refractivity contribution is 0.231. The van der Waals surface area contributed by atoms with Gasteiger partial charge in [0, 0.05) is 0 Å². The van der Waals surface area contributed by atoms with Crippen LogP contribution in [0.1, 0.15) is 63.5 Å². The molecule has 19 heavy (non-hydrogen) atoms. The zero-order valence-electron chi connectivity index (χ0n) is 12.6. The zero-order chi connectivity index (χ0) is 13.5. The van der Waals surface area contributed by atoms with Crippen LogP contribution in [0.25, 0.3) is 0 Å². The van der Waals surface area contributed by atoms with Gasteiger partial charge in [-0.1, -0.05) is 45.2 Å². The molecule has 1 aromatic carbocycles. The summed E-state index contributed by atoms with van der Waals surface area (Å²) in [4.78, 5) is 0. The van der Waals surface area contributed by atoms with Crippen LogP contribution in [0.4, 0.5) is 0 Å². The number of aryl methyl sites for hydroxylation is 1. The molecule has 0 N–H and O–H groups in total. The average Bonchev–Trinajstić information content (AvgIpc) is 2.47. The number of ether oxygens (including phenoxy) is 1. The summed E-state index contributed by atoms with van der Waals surface area (Å²) in [5.41, 5.74) is 3.00. The van der Waals surface area contributed by atoms with Crippen molar-refractivity contribution in [1.29, 1.82) is 0 Å². The summed E-state index contributed by atoms with van der Waals surface area (Å²) < 4.78 is 6.15. The molecule has 0 bridgehead atoms. The van der Waals surface area contributed by atoms with Gasteiger partial charge in [0.05, 0.1) is 6.61 Å². The fraction of sp³-hybridized carbons (Fsp3) is 0.667. The molecule has 0 radical (unpaired) electrons. The minimum Gasteiger partial charge on any atom is -0.493 e. The Kier molecular flexibility index (Phi) is 5.75. The lowest BCUT2D eigenvalue weighted by atomic mass is 9.91. The van der Waals surface area contributed by atoms with Gasteiger partial charge in [-0.2, -0.15) is 0 Å². The molecule has 1 aliphatic rings. The maximum Gasteiger partial charge on any atom is 0.122 e. The second-order valence-corrected chi connectivity index (χ2v) is 5.83. The highest BCUT2D eigenvalue weighted by molar-refractivity contribution is 5.41. The van der Waals surface area contributed by atoms with Crippen LogP contribution in [0.5, 0.6) is 5.75 Å². The number of hydrogen-bond donors (Lipinski definition) is 0. The minimum absolute atomic E-state index is 0.722. The molecule has 106 valence electrons. The van der Waals surface area contributed by atoms with E-state index in [0.29, 0.717) is 0 Å². The Hall–Kier alpha value is -0.980. The predicted molar refractivity (Wildman–Crippen MR) is 81.9 cm³/mol. The van der Waals surface area contributed by atoms with Crippen molar-refractivity contribution in [2.24, 2.45) is 5.92 Å². The van der Waals surface area contributed by atoms with E-state index in [1.54, 1.807) is 0 Å². The first-order valence-electron chi connectivity index (χ1n) is 8.08. The maximum atomic E-state index is 6.15. The van der Waals surface area contributed by atoms with Crippen LogP contribution < -0.4 is 4.74 Å². The Labute approximate surface area is 118 Å². The molecule has 0 fully saturated rings. The quantitative estimate of drug-likeness (QED) is 0.658. The summed E-state index contributed by atoms with van der Waals surface area (Å²) in [6, 6.07) is 6.60. The molecule has 2 rings (SSSR count). The fourth-order valence-electron chi connectivity index (χ4n) is 2.99. The topological polar surface area (TPSA) is 9.23 Å². The van der Waals surface area contributed by atoms with Crippen molar-refractivity contribution in [1.82, 2.24) is 0 Å². The summed E-state index contributed by atoms with van der Waals surface area (Å²) >= 11 is 0. The Morgan fingerprint density at radius 2 is 2.00 bits per heavy atom. The number of fused-ring (bicyclic) bond motifs is 1. The first-order valence-corrected chi connectivity index (χ1v) is 8.08. The van der Waals surface area contributed by atoms with Crippen molar-refractivity contribution in [3.8, 4) is 5.75 Å². The van der Waals surface area contributed by atoms with Gasteiger partial charge in [-0.3, -0.25) is 0 Å². The predicted octanol–water partition coefficient (Wildman–Crippen LogP) is 5.16. The van der Waals surface area contributed by atoms with Gasteiger partial charge in [0.15, 0.2) is 0 Å². The summed E-state index contributed by atoms with van der Waals surface area (Å²) in [7, 11) is 0. The largest absolute Gasteiger partial charge is 0.493 e. The highest BCUT2D eigenvalue weighted by Gasteiger charge is 2.15. The molecule has 0 amide bonds. The van der Waals surface area contributed by atoms with Gasteiger partial charge in [-0.25, -0.2) is 0 Å². The van der Waals surface area contributed by atoms with Crippen molar-refractivity contribution in [3.05, 3.63) is 29.3 Å². The smallest absolute Gasteiger partial charge is 0.122 e. The monoisotopic (exact) mass is 260 g/mol. The van der Waals surface area contributed by atoms with E-state index in [-0.39, 0.29) is 0 Å². The minimum atomic E-state index is 0.722. The van der Waals surface area contributed by atoms with Gasteiger partial charge in [0.2, 0.25) is 0 Å².